The Kier molecular flexibility index (Phi) is 7.09. The zero-order valence-corrected chi connectivity index (χ0v) is 22.2. The summed E-state index contributed by atoms with van der Waals surface area (Å²) in [5, 5.41) is 0.870. The summed E-state index contributed by atoms with van der Waals surface area (Å²) in [5.74, 6) is 1.19. The molecule has 0 spiro atoms. The van der Waals surface area contributed by atoms with E-state index >= 15 is 0 Å². The number of anilines is 1. The number of fused-ring (bicyclic) bond motifs is 1. The summed E-state index contributed by atoms with van der Waals surface area (Å²) in [7, 11) is 5.07. The number of benzene rings is 3. The summed E-state index contributed by atoms with van der Waals surface area (Å²) in [6, 6.07) is 21.3. The first kappa shape index (κ1) is 25.4. The van der Waals surface area contributed by atoms with Crippen LogP contribution in [0.1, 0.15) is 35.8 Å². The third-order valence-electron chi connectivity index (χ3n) is 7.00. The van der Waals surface area contributed by atoms with Crippen molar-refractivity contribution in [3.8, 4) is 22.6 Å². The predicted octanol–water partition coefficient (Wildman–Crippen LogP) is 5.92. The molecule has 5 rings (SSSR count). The Balaban J connectivity index is 1.81. The summed E-state index contributed by atoms with van der Waals surface area (Å²) in [6.45, 7) is 2.43. The molecule has 1 amide bonds. The smallest absolute Gasteiger partial charge is 0.355 e. The van der Waals surface area contributed by atoms with Crippen LogP contribution in [-0.2, 0) is 16.1 Å². The van der Waals surface area contributed by atoms with E-state index in [4.69, 9.17) is 14.2 Å². The largest absolute Gasteiger partial charge is 0.497 e. The van der Waals surface area contributed by atoms with Gasteiger partial charge in [-0.2, -0.15) is 0 Å². The van der Waals surface area contributed by atoms with Crippen LogP contribution in [0.4, 0.5) is 5.69 Å². The van der Waals surface area contributed by atoms with Crippen LogP contribution in [0.25, 0.3) is 22.0 Å². The van der Waals surface area contributed by atoms with Gasteiger partial charge in [-0.05, 0) is 61.2 Å². The third-order valence-corrected chi connectivity index (χ3v) is 7.00. The van der Waals surface area contributed by atoms with Crippen LogP contribution in [-0.4, -0.2) is 44.3 Å². The van der Waals surface area contributed by atoms with E-state index in [1.807, 2.05) is 78.3 Å². The van der Waals surface area contributed by atoms with E-state index in [2.05, 4.69) is 0 Å². The second-order valence-corrected chi connectivity index (χ2v) is 9.46. The fourth-order valence-corrected chi connectivity index (χ4v) is 4.96. The van der Waals surface area contributed by atoms with Gasteiger partial charge in [0.15, 0.2) is 0 Å². The number of ether oxygens (including phenoxy) is 3. The fourth-order valence-electron chi connectivity index (χ4n) is 4.96. The van der Waals surface area contributed by atoms with Gasteiger partial charge < -0.3 is 23.7 Å². The molecule has 38 heavy (non-hydrogen) atoms. The maximum absolute atomic E-state index is 13.6. The zero-order chi connectivity index (χ0) is 26.8. The van der Waals surface area contributed by atoms with Gasteiger partial charge >= 0.3 is 5.97 Å². The average Bonchev–Trinajstić information content (AvgIpc) is 3.75. The molecule has 7 heteroatoms. The number of amides is 1. The molecular weight excluding hydrogens is 480 g/mol. The number of carbonyl (C=O) groups is 2. The van der Waals surface area contributed by atoms with E-state index < -0.39 is 5.97 Å². The number of para-hydroxylation sites is 1. The lowest BCUT2D eigenvalue weighted by Crippen LogP contribution is -2.28. The van der Waals surface area contributed by atoms with Crippen molar-refractivity contribution >= 4 is 28.5 Å². The van der Waals surface area contributed by atoms with E-state index in [0.29, 0.717) is 12.2 Å². The highest BCUT2D eigenvalue weighted by Gasteiger charge is 2.34. The van der Waals surface area contributed by atoms with E-state index in [0.717, 1.165) is 57.6 Å². The monoisotopic (exact) mass is 512 g/mol. The molecule has 196 valence electrons. The molecule has 0 atom stereocenters. The quantitative estimate of drug-likeness (QED) is 0.260. The maximum Gasteiger partial charge on any atom is 0.355 e. The molecule has 0 aliphatic heterocycles. The number of esters is 1. The van der Waals surface area contributed by atoms with Crippen molar-refractivity contribution < 1.29 is 23.8 Å². The lowest BCUT2D eigenvalue weighted by Gasteiger charge is -2.20. The summed E-state index contributed by atoms with van der Waals surface area (Å²) in [6.07, 6.45) is 1.82. The minimum absolute atomic E-state index is 0.0580. The first-order chi connectivity index (χ1) is 18.5. The summed E-state index contributed by atoms with van der Waals surface area (Å²) >= 11 is 0. The molecule has 0 bridgehead atoms. The number of hydrogen-bond acceptors (Lipinski definition) is 5. The Morgan fingerprint density at radius 2 is 1.66 bits per heavy atom. The van der Waals surface area contributed by atoms with Crippen LogP contribution in [0.3, 0.4) is 0 Å². The first-order valence-electron chi connectivity index (χ1n) is 12.8. The molecule has 0 saturated heterocycles. The van der Waals surface area contributed by atoms with Gasteiger partial charge in [0.05, 0.1) is 32.0 Å². The average molecular weight is 513 g/mol. The molecule has 0 radical (unpaired) electrons. The normalized spacial score (nSPS) is 12.8. The minimum Gasteiger partial charge on any atom is -0.497 e. The number of nitrogens with zero attached hydrogens (tertiary/aromatic N) is 2. The van der Waals surface area contributed by atoms with Crippen molar-refractivity contribution in [3.63, 3.8) is 0 Å². The third kappa shape index (κ3) is 4.72. The van der Waals surface area contributed by atoms with Crippen molar-refractivity contribution in [2.24, 2.45) is 5.92 Å². The summed E-state index contributed by atoms with van der Waals surface area (Å²) in [4.78, 5) is 28.5. The first-order valence-corrected chi connectivity index (χ1v) is 12.8. The highest BCUT2D eigenvalue weighted by Crippen LogP contribution is 2.42. The SMILES string of the molecule is CCOC(=O)c1c(-c2ccc(OC)cc2)c2cccc(N(C)C(=O)C3CC3)c2n1Cc1cccc(OC)c1. The van der Waals surface area contributed by atoms with Crippen LogP contribution >= 0.6 is 0 Å². The molecule has 0 unspecified atom stereocenters. The highest BCUT2D eigenvalue weighted by molar-refractivity contribution is 6.14. The van der Waals surface area contributed by atoms with E-state index in [-0.39, 0.29) is 18.4 Å². The number of aromatic nitrogens is 1. The van der Waals surface area contributed by atoms with E-state index in [1.54, 1.807) is 26.0 Å². The van der Waals surface area contributed by atoms with Crippen molar-refractivity contribution in [3.05, 3.63) is 78.0 Å². The van der Waals surface area contributed by atoms with Gasteiger partial charge in [0.2, 0.25) is 5.91 Å². The van der Waals surface area contributed by atoms with Crippen molar-refractivity contribution in [2.45, 2.75) is 26.3 Å². The van der Waals surface area contributed by atoms with E-state index in [1.165, 1.54) is 0 Å². The molecule has 3 aromatic carbocycles. The Bertz CT molecular complexity index is 1480. The number of rotatable bonds is 9. The molecule has 1 aromatic heterocycles. The van der Waals surface area contributed by atoms with Gasteiger partial charge in [-0.25, -0.2) is 4.79 Å². The molecular formula is C31H32N2O5. The molecule has 0 N–H and O–H groups in total. The number of hydrogen-bond donors (Lipinski definition) is 0. The van der Waals surface area contributed by atoms with Gasteiger partial charge in [0.25, 0.3) is 0 Å². The van der Waals surface area contributed by atoms with Gasteiger partial charge in [-0.15, -0.1) is 0 Å². The molecule has 1 fully saturated rings. The topological polar surface area (TPSA) is 70.0 Å². The van der Waals surface area contributed by atoms with Crippen LogP contribution in [0.2, 0.25) is 0 Å². The van der Waals surface area contributed by atoms with Crippen molar-refractivity contribution in [1.29, 1.82) is 0 Å². The Labute approximate surface area is 222 Å². The molecule has 1 saturated carbocycles. The molecule has 1 heterocycles. The Morgan fingerprint density at radius 3 is 2.32 bits per heavy atom. The van der Waals surface area contributed by atoms with E-state index in [9.17, 15) is 9.59 Å². The van der Waals surface area contributed by atoms with Crippen LogP contribution < -0.4 is 14.4 Å². The molecule has 4 aromatic rings. The van der Waals surface area contributed by atoms with Gasteiger partial charge in [0.1, 0.15) is 17.2 Å². The fraction of sp³-hybridized carbons (Fsp3) is 0.290. The molecule has 1 aliphatic rings. The second-order valence-electron chi connectivity index (χ2n) is 9.46. The van der Waals surface area contributed by atoms with Crippen LogP contribution in [0, 0.1) is 5.92 Å². The summed E-state index contributed by atoms with van der Waals surface area (Å²) < 4.78 is 18.4. The molecule has 1 aliphatic carbocycles. The van der Waals surface area contributed by atoms with Crippen LogP contribution in [0.5, 0.6) is 11.5 Å². The predicted molar refractivity (Wildman–Crippen MR) is 148 cm³/mol. The minimum atomic E-state index is -0.417. The van der Waals surface area contributed by atoms with Crippen LogP contribution in [0.15, 0.2) is 66.7 Å². The van der Waals surface area contributed by atoms with Gasteiger partial charge in [0, 0.05) is 30.5 Å². The number of carbonyl (C=O) groups excluding carboxylic acids is 2. The highest BCUT2D eigenvalue weighted by atomic mass is 16.5. The van der Waals surface area contributed by atoms with Crippen molar-refractivity contribution in [2.75, 3.05) is 32.8 Å². The zero-order valence-electron chi connectivity index (χ0n) is 22.2. The summed E-state index contributed by atoms with van der Waals surface area (Å²) in [5.41, 5.74) is 4.58. The van der Waals surface area contributed by atoms with Gasteiger partial charge in [-0.1, -0.05) is 36.4 Å². The van der Waals surface area contributed by atoms with Gasteiger partial charge in [-0.3, -0.25) is 4.79 Å². The molecule has 7 nitrogen and oxygen atoms in total. The Morgan fingerprint density at radius 1 is 0.947 bits per heavy atom. The maximum atomic E-state index is 13.6. The van der Waals surface area contributed by atoms with Crippen molar-refractivity contribution in [1.82, 2.24) is 4.57 Å². The lowest BCUT2D eigenvalue weighted by molar-refractivity contribution is -0.119. The standard InChI is InChI=1S/C31H32N2O5/c1-5-38-31(35)29-27(21-14-16-23(36-3)17-15-21)25-10-7-11-26(32(2)30(34)22-12-13-22)28(25)33(29)19-20-8-6-9-24(18-20)37-4/h6-11,14-18,22H,5,12-13,19H2,1-4H3. The lowest BCUT2D eigenvalue weighted by atomic mass is 10.0. The second kappa shape index (κ2) is 10.6. The number of methoxy groups -OCH3 is 2. The Hall–Kier alpha value is -4.26.